The summed E-state index contributed by atoms with van der Waals surface area (Å²) in [5.41, 5.74) is 0.726. The molecule has 0 unspecified atom stereocenters. The van der Waals surface area contributed by atoms with Crippen LogP contribution in [0.5, 0.6) is 0 Å². The molecule has 0 saturated carbocycles. The van der Waals surface area contributed by atoms with Gasteiger partial charge in [-0.3, -0.25) is 0 Å². The lowest BCUT2D eigenvalue weighted by atomic mass is 10.2. The molecule has 0 aromatic carbocycles. The maximum Gasteiger partial charge on any atom is 0.0615 e. The van der Waals surface area contributed by atoms with Crippen molar-refractivity contribution in [1.29, 1.82) is 5.41 Å². The van der Waals surface area contributed by atoms with Crippen molar-refractivity contribution in [2.75, 3.05) is 6.61 Å². The minimum Gasteiger partial charge on any atom is -0.392 e. The van der Waals surface area contributed by atoms with E-state index in [0.717, 1.165) is 5.57 Å². The molecule has 0 bridgehead atoms. The molecule has 2 N–H and O–H groups in total. The average molecular weight is 137 g/mol. The Morgan fingerprint density at radius 3 is 2.70 bits per heavy atom. The van der Waals surface area contributed by atoms with Crippen LogP contribution in [-0.2, 0) is 0 Å². The lowest BCUT2D eigenvalue weighted by Gasteiger charge is -1.86. The standard InChI is InChI=1S/C8H11NO/c1-2-4-8(7-9)5-3-6-10/h2-5,7,9-10H,1,6H2/b5-3-,8-4+,9-7?. The number of hydrogen-bond donors (Lipinski definition) is 2. The van der Waals surface area contributed by atoms with Gasteiger partial charge in [-0.05, 0) is 5.57 Å². The van der Waals surface area contributed by atoms with Crippen molar-refractivity contribution < 1.29 is 5.11 Å². The molecule has 0 spiro atoms. The maximum atomic E-state index is 8.36. The van der Waals surface area contributed by atoms with Crippen LogP contribution in [0.4, 0.5) is 0 Å². The van der Waals surface area contributed by atoms with Crippen LogP contribution in [0.1, 0.15) is 0 Å². The third kappa shape index (κ3) is 3.80. The van der Waals surface area contributed by atoms with Crippen LogP contribution < -0.4 is 0 Å². The molecule has 0 radical (unpaired) electrons. The minimum absolute atomic E-state index is 0.00230. The van der Waals surface area contributed by atoms with E-state index < -0.39 is 0 Å². The molecule has 0 amide bonds. The third-order valence-electron chi connectivity index (χ3n) is 0.893. The molecule has 10 heavy (non-hydrogen) atoms. The number of hydrogen-bond acceptors (Lipinski definition) is 2. The van der Waals surface area contributed by atoms with Crippen LogP contribution in [0.25, 0.3) is 0 Å². The molecule has 0 atom stereocenters. The SMILES string of the molecule is C=C/C=C(C=N)\C=C/CO. The summed E-state index contributed by atoms with van der Waals surface area (Å²) in [6.45, 7) is 3.48. The summed E-state index contributed by atoms with van der Waals surface area (Å²) in [6, 6.07) is 0. The first-order chi connectivity index (χ1) is 4.85. The van der Waals surface area contributed by atoms with Gasteiger partial charge in [0.25, 0.3) is 0 Å². The lowest BCUT2D eigenvalue weighted by Crippen LogP contribution is -1.78. The van der Waals surface area contributed by atoms with Crippen molar-refractivity contribution in [3.63, 3.8) is 0 Å². The maximum absolute atomic E-state index is 8.36. The third-order valence-corrected chi connectivity index (χ3v) is 0.893. The Morgan fingerprint density at radius 2 is 2.30 bits per heavy atom. The Kier molecular flexibility index (Phi) is 5.29. The largest absolute Gasteiger partial charge is 0.392 e. The van der Waals surface area contributed by atoms with Gasteiger partial charge in [0.05, 0.1) is 6.61 Å². The van der Waals surface area contributed by atoms with Gasteiger partial charge < -0.3 is 10.5 Å². The van der Waals surface area contributed by atoms with E-state index in [0.29, 0.717) is 0 Å². The summed E-state index contributed by atoms with van der Waals surface area (Å²) in [5, 5.41) is 15.2. The van der Waals surface area contributed by atoms with Crippen LogP contribution in [0, 0.1) is 5.41 Å². The summed E-state index contributed by atoms with van der Waals surface area (Å²) in [4.78, 5) is 0. The van der Waals surface area contributed by atoms with Gasteiger partial charge in [-0.25, -0.2) is 0 Å². The zero-order valence-electron chi connectivity index (χ0n) is 5.75. The molecule has 0 saturated heterocycles. The molecule has 0 aliphatic rings. The van der Waals surface area contributed by atoms with Crippen molar-refractivity contribution in [2.24, 2.45) is 0 Å². The topological polar surface area (TPSA) is 44.1 Å². The summed E-state index contributed by atoms with van der Waals surface area (Å²) in [6.07, 6.45) is 7.73. The summed E-state index contributed by atoms with van der Waals surface area (Å²) in [7, 11) is 0. The van der Waals surface area contributed by atoms with Crippen LogP contribution in [-0.4, -0.2) is 17.9 Å². The monoisotopic (exact) mass is 137 g/mol. The quantitative estimate of drug-likeness (QED) is 0.445. The van der Waals surface area contributed by atoms with Crippen LogP contribution in [0.15, 0.2) is 36.5 Å². The molecule has 0 heterocycles. The average Bonchev–Trinajstić information content (AvgIpc) is 1.98. The van der Waals surface area contributed by atoms with E-state index in [1.807, 2.05) is 0 Å². The summed E-state index contributed by atoms with van der Waals surface area (Å²) < 4.78 is 0. The van der Waals surface area contributed by atoms with Crippen LogP contribution in [0.3, 0.4) is 0 Å². The zero-order chi connectivity index (χ0) is 7.82. The van der Waals surface area contributed by atoms with Crippen molar-refractivity contribution in [3.05, 3.63) is 36.5 Å². The van der Waals surface area contributed by atoms with Crippen molar-refractivity contribution in [1.82, 2.24) is 0 Å². The minimum atomic E-state index is 0.00230. The van der Waals surface area contributed by atoms with Gasteiger partial charge in [0.2, 0.25) is 0 Å². The summed E-state index contributed by atoms with van der Waals surface area (Å²) in [5.74, 6) is 0. The smallest absolute Gasteiger partial charge is 0.0615 e. The Labute approximate surface area is 60.7 Å². The van der Waals surface area contributed by atoms with E-state index in [9.17, 15) is 0 Å². The molecule has 0 aliphatic carbocycles. The predicted molar refractivity (Wildman–Crippen MR) is 43.3 cm³/mol. The van der Waals surface area contributed by atoms with E-state index in [1.165, 1.54) is 6.21 Å². The molecule has 0 rings (SSSR count). The van der Waals surface area contributed by atoms with E-state index >= 15 is 0 Å². The zero-order valence-corrected chi connectivity index (χ0v) is 5.75. The predicted octanol–water partition coefficient (Wildman–Crippen LogP) is 1.30. The van der Waals surface area contributed by atoms with Gasteiger partial charge in [-0.2, -0.15) is 0 Å². The highest BCUT2D eigenvalue weighted by Crippen LogP contribution is 1.91. The molecular formula is C8H11NO. The van der Waals surface area contributed by atoms with Crippen LogP contribution in [0.2, 0.25) is 0 Å². The molecule has 2 nitrogen and oxygen atoms in total. The Morgan fingerprint density at radius 1 is 1.60 bits per heavy atom. The number of aliphatic hydroxyl groups is 1. The van der Waals surface area contributed by atoms with Crippen molar-refractivity contribution in [3.8, 4) is 0 Å². The highest BCUT2D eigenvalue weighted by molar-refractivity contribution is 5.80. The van der Waals surface area contributed by atoms with Gasteiger partial charge in [-0.1, -0.05) is 30.9 Å². The van der Waals surface area contributed by atoms with Crippen molar-refractivity contribution in [2.45, 2.75) is 0 Å². The van der Waals surface area contributed by atoms with Gasteiger partial charge in [-0.15, -0.1) is 0 Å². The first kappa shape index (κ1) is 8.85. The molecule has 0 fully saturated rings. The lowest BCUT2D eigenvalue weighted by molar-refractivity contribution is 0.342. The fourth-order valence-electron chi connectivity index (χ4n) is 0.477. The molecule has 0 aliphatic heterocycles. The fraction of sp³-hybridized carbons (Fsp3) is 0.125. The Hall–Kier alpha value is -1.15. The van der Waals surface area contributed by atoms with E-state index in [2.05, 4.69) is 6.58 Å². The first-order valence-corrected chi connectivity index (χ1v) is 2.95. The summed E-state index contributed by atoms with van der Waals surface area (Å²) >= 11 is 0. The Bertz CT molecular complexity index is 168. The van der Waals surface area contributed by atoms with E-state index in [1.54, 1.807) is 24.3 Å². The number of aliphatic hydroxyl groups excluding tert-OH is 1. The highest BCUT2D eigenvalue weighted by atomic mass is 16.2. The van der Waals surface area contributed by atoms with E-state index in [-0.39, 0.29) is 6.61 Å². The van der Waals surface area contributed by atoms with Crippen LogP contribution >= 0.6 is 0 Å². The van der Waals surface area contributed by atoms with E-state index in [4.69, 9.17) is 10.5 Å². The molecule has 0 aromatic heterocycles. The second kappa shape index (κ2) is 5.98. The molecule has 54 valence electrons. The first-order valence-electron chi connectivity index (χ1n) is 2.95. The number of allylic oxidation sites excluding steroid dienone is 4. The van der Waals surface area contributed by atoms with Gasteiger partial charge in [0.1, 0.15) is 0 Å². The number of nitrogens with one attached hydrogen (secondary N) is 1. The molecule has 0 aromatic rings. The molecule has 2 heteroatoms. The van der Waals surface area contributed by atoms with Gasteiger partial charge in [0, 0.05) is 6.21 Å². The Balaban J connectivity index is 4.07. The highest BCUT2D eigenvalue weighted by Gasteiger charge is 1.79. The second-order valence-electron chi connectivity index (χ2n) is 1.63. The molecular weight excluding hydrogens is 126 g/mol. The van der Waals surface area contributed by atoms with Gasteiger partial charge in [0.15, 0.2) is 0 Å². The second-order valence-corrected chi connectivity index (χ2v) is 1.63. The number of rotatable bonds is 4. The van der Waals surface area contributed by atoms with Crippen molar-refractivity contribution >= 4 is 6.21 Å². The normalized spacial score (nSPS) is 11.9. The van der Waals surface area contributed by atoms with Gasteiger partial charge >= 0.3 is 0 Å². The fourth-order valence-corrected chi connectivity index (χ4v) is 0.477.